The molecule has 0 radical (unpaired) electrons. The first-order valence-electron chi connectivity index (χ1n) is 4.20. The van der Waals surface area contributed by atoms with E-state index in [0.717, 1.165) is 18.2 Å². The van der Waals surface area contributed by atoms with Crippen LogP contribution in [0, 0.1) is 5.82 Å². The lowest BCUT2D eigenvalue weighted by Gasteiger charge is -2.06. The third-order valence-corrected chi connectivity index (χ3v) is 2.25. The standard InChI is InChI=1S/C10H8Cl2FNO2/c1-16-9(15)2-3-14-10-7(11)4-6(13)5-8(10)12/h2-5,14H,1H3/b3-2+. The summed E-state index contributed by atoms with van der Waals surface area (Å²) < 4.78 is 17.2. The molecule has 0 amide bonds. The molecule has 86 valence electrons. The summed E-state index contributed by atoms with van der Waals surface area (Å²) in [5.41, 5.74) is 0.324. The summed E-state index contributed by atoms with van der Waals surface area (Å²) in [4.78, 5) is 10.8. The Morgan fingerprint density at radius 3 is 2.50 bits per heavy atom. The number of hydrogen-bond acceptors (Lipinski definition) is 3. The normalized spacial score (nSPS) is 10.5. The zero-order valence-electron chi connectivity index (χ0n) is 8.26. The molecule has 1 rings (SSSR count). The molecule has 0 spiro atoms. The predicted octanol–water partition coefficient (Wildman–Crippen LogP) is 3.23. The number of benzene rings is 1. The van der Waals surface area contributed by atoms with Crippen LogP contribution in [0.4, 0.5) is 10.1 Å². The zero-order chi connectivity index (χ0) is 12.1. The van der Waals surface area contributed by atoms with Crippen LogP contribution >= 0.6 is 23.2 Å². The second-order valence-electron chi connectivity index (χ2n) is 2.75. The van der Waals surface area contributed by atoms with E-state index in [-0.39, 0.29) is 10.0 Å². The summed E-state index contributed by atoms with van der Waals surface area (Å²) in [6.07, 6.45) is 2.45. The summed E-state index contributed by atoms with van der Waals surface area (Å²) in [7, 11) is 1.25. The van der Waals surface area contributed by atoms with Crippen LogP contribution in [0.3, 0.4) is 0 Å². The second kappa shape index (κ2) is 5.72. The Bertz CT molecular complexity index is 412. The average Bonchev–Trinajstić information content (AvgIpc) is 2.21. The number of anilines is 1. The van der Waals surface area contributed by atoms with Gasteiger partial charge in [0.1, 0.15) is 5.82 Å². The van der Waals surface area contributed by atoms with Crippen molar-refractivity contribution in [2.45, 2.75) is 0 Å². The maximum absolute atomic E-state index is 12.8. The summed E-state index contributed by atoms with van der Waals surface area (Å²) in [6.45, 7) is 0. The number of methoxy groups -OCH3 is 1. The number of esters is 1. The maximum Gasteiger partial charge on any atom is 0.331 e. The van der Waals surface area contributed by atoms with Crippen molar-refractivity contribution >= 4 is 34.9 Å². The van der Waals surface area contributed by atoms with Crippen LogP contribution < -0.4 is 5.32 Å². The van der Waals surface area contributed by atoms with Gasteiger partial charge in [-0.3, -0.25) is 0 Å². The van der Waals surface area contributed by atoms with Crippen LogP contribution in [-0.4, -0.2) is 13.1 Å². The molecule has 6 heteroatoms. The van der Waals surface area contributed by atoms with Gasteiger partial charge in [-0.1, -0.05) is 23.2 Å². The lowest BCUT2D eigenvalue weighted by Crippen LogP contribution is -1.97. The SMILES string of the molecule is COC(=O)/C=C/Nc1c(Cl)cc(F)cc1Cl. The van der Waals surface area contributed by atoms with Gasteiger partial charge in [0.25, 0.3) is 0 Å². The lowest BCUT2D eigenvalue weighted by molar-refractivity contribution is -0.134. The first-order chi connectivity index (χ1) is 7.54. The van der Waals surface area contributed by atoms with Gasteiger partial charge in [-0.25, -0.2) is 9.18 Å². The Kier molecular flexibility index (Phi) is 4.58. The molecule has 16 heavy (non-hydrogen) atoms. The van der Waals surface area contributed by atoms with Crippen molar-refractivity contribution in [3.05, 3.63) is 40.3 Å². The molecular formula is C10H8Cl2FNO2. The highest BCUT2D eigenvalue weighted by Crippen LogP contribution is 2.31. The van der Waals surface area contributed by atoms with Gasteiger partial charge in [0.15, 0.2) is 0 Å². The second-order valence-corrected chi connectivity index (χ2v) is 3.56. The Labute approximate surface area is 102 Å². The molecule has 0 atom stereocenters. The van der Waals surface area contributed by atoms with Gasteiger partial charge in [0.05, 0.1) is 22.8 Å². The van der Waals surface area contributed by atoms with Crippen LogP contribution in [0.1, 0.15) is 0 Å². The molecule has 1 N–H and O–H groups in total. The number of halogens is 3. The van der Waals surface area contributed by atoms with Gasteiger partial charge < -0.3 is 10.1 Å². The van der Waals surface area contributed by atoms with Crippen molar-refractivity contribution in [1.29, 1.82) is 0 Å². The molecular weight excluding hydrogens is 256 g/mol. The van der Waals surface area contributed by atoms with E-state index in [0.29, 0.717) is 5.69 Å². The molecule has 0 saturated carbocycles. The number of ether oxygens (including phenoxy) is 1. The van der Waals surface area contributed by atoms with E-state index >= 15 is 0 Å². The van der Waals surface area contributed by atoms with Crippen LogP contribution in [0.25, 0.3) is 0 Å². The van der Waals surface area contributed by atoms with E-state index in [1.165, 1.54) is 13.3 Å². The largest absolute Gasteiger partial charge is 0.466 e. The van der Waals surface area contributed by atoms with E-state index in [1.54, 1.807) is 0 Å². The van der Waals surface area contributed by atoms with Crippen LogP contribution in [0.2, 0.25) is 10.0 Å². The Balaban J connectivity index is 2.82. The van der Waals surface area contributed by atoms with Gasteiger partial charge in [-0.05, 0) is 12.1 Å². The maximum atomic E-state index is 12.8. The van der Waals surface area contributed by atoms with E-state index in [9.17, 15) is 9.18 Å². The summed E-state index contributed by atoms with van der Waals surface area (Å²) in [6, 6.07) is 2.23. The van der Waals surface area contributed by atoms with Crippen molar-refractivity contribution in [1.82, 2.24) is 0 Å². The number of carbonyl (C=O) groups excluding carboxylic acids is 1. The monoisotopic (exact) mass is 263 g/mol. The fourth-order valence-corrected chi connectivity index (χ4v) is 1.51. The number of hydrogen-bond donors (Lipinski definition) is 1. The van der Waals surface area contributed by atoms with Gasteiger partial charge in [0, 0.05) is 12.3 Å². The molecule has 0 aliphatic heterocycles. The van der Waals surface area contributed by atoms with Gasteiger partial charge in [-0.15, -0.1) is 0 Å². The van der Waals surface area contributed by atoms with E-state index < -0.39 is 11.8 Å². The predicted molar refractivity (Wildman–Crippen MR) is 61.2 cm³/mol. The number of nitrogens with one attached hydrogen (secondary N) is 1. The Hall–Kier alpha value is -1.26. The minimum absolute atomic E-state index is 0.125. The molecule has 0 unspecified atom stereocenters. The molecule has 0 fully saturated rings. The van der Waals surface area contributed by atoms with Crippen molar-refractivity contribution in [3.63, 3.8) is 0 Å². The van der Waals surface area contributed by atoms with Gasteiger partial charge in [0.2, 0.25) is 0 Å². The van der Waals surface area contributed by atoms with Gasteiger partial charge in [-0.2, -0.15) is 0 Å². The van der Waals surface area contributed by atoms with Crippen molar-refractivity contribution < 1.29 is 13.9 Å². The number of rotatable bonds is 3. The topological polar surface area (TPSA) is 38.3 Å². The van der Waals surface area contributed by atoms with Crippen LogP contribution in [-0.2, 0) is 9.53 Å². The minimum Gasteiger partial charge on any atom is -0.466 e. The Morgan fingerprint density at radius 1 is 1.44 bits per heavy atom. The third-order valence-electron chi connectivity index (χ3n) is 1.66. The van der Waals surface area contributed by atoms with E-state index in [2.05, 4.69) is 10.1 Å². The minimum atomic E-state index is -0.530. The average molecular weight is 264 g/mol. The first-order valence-corrected chi connectivity index (χ1v) is 4.95. The summed E-state index contributed by atoms with van der Waals surface area (Å²) in [5, 5.41) is 2.91. The first kappa shape index (κ1) is 12.8. The molecule has 1 aromatic rings. The summed E-state index contributed by atoms with van der Waals surface area (Å²) in [5.74, 6) is -1.06. The fourth-order valence-electron chi connectivity index (χ4n) is 0.941. The zero-order valence-corrected chi connectivity index (χ0v) is 9.77. The van der Waals surface area contributed by atoms with Crippen molar-refractivity contribution in [2.24, 2.45) is 0 Å². The molecule has 0 aromatic heterocycles. The molecule has 1 aromatic carbocycles. The fraction of sp³-hybridized carbons (Fsp3) is 0.100. The highest BCUT2D eigenvalue weighted by Gasteiger charge is 2.06. The van der Waals surface area contributed by atoms with Crippen LogP contribution in [0.15, 0.2) is 24.4 Å². The highest BCUT2D eigenvalue weighted by atomic mass is 35.5. The van der Waals surface area contributed by atoms with Gasteiger partial charge >= 0.3 is 5.97 Å². The van der Waals surface area contributed by atoms with Crippen molar-refractivity contribution in [2.75, 3.05) is 12.4 Å². The quantitative estimate of drug-likeness (QED) is 0.672. The van der Waals surface area contributed by atoms with E-state index in [1.807, 2.05) is 0 Å². The van der Waals surface area contributed by atoms with Crippen molar-refractivity contribution in [3.8, 4) is 0 Å². The van der Waals surface area contributed by atoms with Crippen LogP contribution in [0.5, 0.6) is 0 Å². The smallest absolute Gasteiger partial charge is 0.331 e. The molecule has 0 aliphatic carbocycles. The molecule has 3 nitrogen and oxygen atoms in total. The third kappa shape index (κ3) is 3.40. The van der Waals surface area contributed by atoms with E-state index in [4.69, 9.17) is 23.2 Å². The Morgan fingerprint density at radius 2 is 2.00 bits per heavy atom. The molecule has 0 heterocycles. The number of carbonyl (C=O) groups is 1. The summed E-state index contributed by atoms with van der Waals surface area (Å²) >= 11 is 11.5. The molecule has 0 aliphatic rings. The lowest BCUT2D eigenvalue weighted by atomic mass is 10.3. The molecule has 0 bridgehead atoms. The highest BCUT2D eigenvalue weighted by molar-refractivity contribution is 6.39. The molecule has 0 saturated heterocycles.